The van der Waals surface area contributed by atoms with Gasteiger partial charge in [0.2, 0.25) is 0 Å². The second kappa shape index (κ2) is 7.22. The van der Waals surface area contributed by atoms with Crippen molar-refractivity contribution in [2.24, 2.45) is 0 Å². The Kier molecular flexibility index (Phi) is 5.64. The van der Waals surface area contributed by atoms with Crippen LogP contribution >= 0.6 is 0 Å². The van der Waals surface area contributed by atoms with Crippen molar-refractivity contribution in [2.45, 2.75) is 71.6 Å². The maximum atomic E-state index is 12.7. The van der Waals surface area contributed by atoms with E-state index < -0.39 is 11.3 Å². The minimum atomic E-state index is -0.722. The van der Waals surface area contributed by atoms with Crippen molar-refractivity contribution in [3.63, 3.8) is 0 Å². The van der Waals surface area contributed by atoms with Crippen molar-refractivity contribution >= 4 is 11.8 Å². The Morgan fingerprint density at radius 2 is 1.92 bits per heavy atom. The number of rotatable bonds is 4. The van der Waals surface area contributed by atoms with E-state index in [2.05, 4.69) is 5.32 Å². The van der Waals surface area contributed by atoms with Gasteiger partial charge in [0, 0.05) is 12.2 Å². The van der Waals surface area contributed by atoms with Crippen LogP contribution in [0, 0.1) is 0 Å². The molecule has 0 saturated carbocycles. The quantitative estimate of drug-likeness (QED) is 0.817. The number of carbonyl (C=O) groups is 1. The number of nitrogens with zero attached hydrogens (tertiary/aromatic N) is 1. The second-order valence-corrected chi connectivity index (χ2v) is 8.01. The van der Waals surface area contributed by atoms with Crippen LogP contribution in [0.2, 0.25) is 0 Å². The lowest BCUT2D eigenvalue weighted by molar-refractivity contribution is -0.0759. The van der Waals surface area contributed by atoms with Gasteiger partial charge in [-0.25, -0.2) is 4.79 Å². The van der Waals surface area contributed by atoms with Crippen molar-refractivity contribution in [1.29, 1.82) is 0 Å². The molecule has 1 aromatic carbocycles. The summed E-state index contributed by atoms with van der Waals surface area (Å²) < 4.78 is 11.5. The van der Waals surface area contributed by atoms with Gasteiger partial charge in [0.1, 0.15) is 17.5 Å². The zero-order valence-corrected chi connectivity index (χ0v) is 16.1. The van der Waals surface area contributed by atoms with E-state index in [1.807, 2.05) is 65.8 Å². The van der Waals surface area contributed by atoms with Crippen LogP contribution in [0.15, 0.2) is 24.3 Å². The molecule has 2 atom stereocenters. The number of hydrogen-bond donors (Lipinski definition) is 2. The number of hydrogen-bond acceptors (Lipinski definition) is 5. The standard InChI is InChI=1S/C19H31N3O3/c1-13-16(21-12-11-14-7-9-15(20)10-8-14)22(19(5,6)24-13)17(23)25-18(2,3)4/h7-10,13,16,21H,11-12,20H2,1-6H3/t13-,16+/m0/s1. The summed E-state index contributed by atoms with van der Waals surface area (Å²) >= 11 is 0. The van der Waals surface area contributed by atoms with Gasteiger partial charge >= 0.3 is 6.09 Å². The number of ether oxygens (including phenoxy) is 2. The van der Waals surface area contributed by atoms with Gasteiger partial charge in [0.05, 0.1) is 6.10 Å². The molecule has 1 saturated heterocycles. The molecular formula is C19H31N3O3. The maximum absolute atomic E-state index is 12.7. The topological polar surface area (TPSA) is 76.8 Å². The molecule has 6 heteroatoms. The Bertz CT molecular complexity index is 593. The molecule has 1 aromatic rings. The van der Waals surface area contributed by atoms with Gasteiger partial charge in [-0.3, -0.25) is 10.2 Å². The highest BCUT2D eigenvalue weighted by Crippen LogP contribution is 2.32. The first-order valence-electron chi connectivity index (χ1n) is 8.77. The normalized spacial score (nSPS) is 22.9. The zero-order valence-electron chi connectivity index (χ0n) is 16.1. The molecule has 0 bridgehead atoms. The van der Waals surface area contributed by atoms with Gasteiger partial charge in [-0.05, 0) is 65.7 Å². The molecule has 0 unspecified atom stereocenters. The van der Waals surface area contributed by atoms with E-state index in [-0.39, 0.29) is 18.4 Å². The molecule has 1 fully saturated rings. The zero-order chi connectivity index (χ0) is 18.8. The average molecular weight is 349 g/mol. The Morgan fingerprint density at radius 1 is 1.32 bits per heavy atom. The predicted octanol–water partition coefficient (Wildman–Crippen LogP) is 3.12. The number of carbonyl (C=O) groups excluding carboxylic acids is 1. The Labute approximate surface area is 150 Å². The summed E-state index contributed by atoms with van der Waals surface area (Å²) in [5.74, 6) is 0. The molecule has 140 valence electrons. The Morgan fingerprint density at radius 3 is 2.48 bits per heavy atom. The van der Waals surface area contributed by atoms with Crippen LogP contribution in [0.25, 0.3) is 0 Å². The van der Waals surface area contributed by atoms with Gasteiger partial charge in [-0.15, -0.1) is 0 Å². The third kappa shape index (κ3) is 5.09. The summed E-state index contributed by atoms with van der Waals surface area (Å²) in [6.45, 7) is 12.0. The van der Waals surface area contributed by atoms with Gasteiger partial charge in [0.15, 0.2) is 0 Å². The largest absolute Gasteiger partial charge is 0.444 e. The van der Waals surface area contributed by atoms with Gasteiger partial charge in [-0.1, -0.05) is 12.1 Å². The summed E-state index contributed by atoms with van der Waals surface area (Å²) in [5, 5.41) is 3.44. The fraction of sp³-hybridized carbons (Fsp3) is 0.632. The lowest BCUT2D eigenvalue weighted by Crippen LogP contribution is -2.55. The average Bonchev–Trinajstić information content (AvgIpc) is 2.68. The van der Waals surface area contributed by atoms with Gasteiger partial charge < -0.3 is 15.2 Å². The highest BCUT2D eigenvalue weighted by molar-refractivity contribution is 5.69. The van der Waals surface area contributed by atoms with Gasteiger partial charge in [0.25, 0.3) is 0 Å². The first-order chi connectivity index (χ1) is 11.5. The van der Waals surface area contributed by atoms with Crippen molar-refractivity contribution in [1.82, 2.24) is 10.2 Å². The Balaban J connectivity index is 2.02. The minimum Gasteiger partial charge on any atom is -0.444 e. The summed E-state index contributed by atoms with van der Waals surface area (Å²) in [5.41, 5.74) is 6.39. The van der Waals surface area contributed by atoms with Crippen LogP contribution in [-0.4, -0.2) is 41.1 Å². The fourth-order valence-electron chi connectivity index (χ4n) is 3.07. The number of benzene rings is 1. The molecule has 1 aliphatic heterocycles. The lowest BCUT2D eigenvalue weighted by atomic mass is 10.1. The van der Waals surface area contributed by atoms with E-state index in [4.69, 9.17) is 15.2 Å². The first-order valence-corrected chi connectivity index (χ1v) is 8.77. The Hall–Kier alpha value is -1.79. The van der Waals surface area contributed by atoms with Crippen molar-refractivity contribution in [2.75, 3.05) is 12.3 Å². The molecule has 1 amide bonds. The number of anilines is 1. The van der Waals surface area contributed by atoms with Crippen LogP contribution < -0.4 is 11.1 Å². The van der Waals surface area contributed by atoms with E-state index in [1.54, 1.807) is 4.90 Å². The minimum absolute atomic E-state index is 0.131. The van der Waals surface area contributed by atoms with E-state index >= 15 is 0 Å². The number of nitrogen functional groups attached to an aromatic ring is 1. The van der Waals surface area contributed by atoms with Gasteiger partial charge in [-0.2, -0.15) is 0 Å². The molecular weight excluding hydrogens is 318 g/mol. The predicted molar refractivity (Wildman–Crippen MR) is 99.0 cm³/mol. The maximum Gasteiger partial charge on any atom is 0.413 e. The van der Waals surface area contributed by atoms with Crippen LogP contribution in [-0.2, 0) is 15.9 Å². The number of amides is 1. The molecule has 0 radical (unpaired) electrons. The molecule has 6 nitrogen and oxygen atoms in total. The third-order valence-electron chi connectivity index (χ3n) is 4.11. The number of nitrogens with two attached hydrogens (primary N) is 1. The lowest BCUT2D eigenvalue weighted by Gasteiger charge is -2.35. The van der Waals surface area contributed by atoms with Crippen molar-refractivity contribution in [3.05, 3.63) is 29.8 Å². The molecule has 3 N–H and O–H groups in total. The van der Waals surface area contributed by atoms with Crippen molar-refractivity contribution in [3.8, 4) is 0 Å². The summed E-state index contributed by atoms with van der Waals surface area (Å²) in [6, 6.07) is 7.82. The summed E-state index contributed by atoms with van der Waals surface area (Å²) in [4.78, 5) is 14.3. The van der Waals surface area contributed by atoms with Crippen LogP contribution in [0.4, 0.5) is 10.5 Å². The molecule has 0 spiro atoms. The first kappa shape index (κ1) is 19.5. The number of nitrogens with one attached hydrogen (secondary N) is 1. The molecule has 0 aromatic heterocycles. The molecule has 2 rings (SSSR count). The highest BCUT2D eigenvalue weighted by atomic mass is 16.6. The molecule has 1 aliphatic rings. The summed E-state index contributed by atoms with van der Waals surface area (Å²) in [6.07, 6.45) is 0.103. The molecule has 0 aliphatic carbocycles. The molecule has 1 heterocycles. The van der Waals surface area contributed by atoms with E-state index in [0.717, 1.165) is 18.7 Å². The van der Waals surface area contributed by atoms with E-state index in [9.17, 15) is 4.79 Å². The van der Waals surface area contributed by atoms with Crippen molar-refractivity contribution < 1.29 is 14.3 Å². The van der Waals surface area contributed by atoms with Crippen LogP contribution in [0.1, 0.15) is 47.1 Å². The highest BCUT2D eigenvalue weighted by Gasteiger charge is 2.49. The smallest absolute Gasteiger partial charge is 0.413 e. The second-order valence-electron chi connectivity index (χ2n) is 8.01. The van der Waals surface area contributed by atoms with E-state index in [1.165, 1.54) is 5.56 Å². The molecule has 25 heavy (non-hydrogen) atoms. The third-order valence-corrected chi connectivity index (χ3v) is 4.11. The SMILES string of the molecule is C[C@@H]1OC(C)(C)N(C(=O)OC(C)(C)C)[C@H]1NCCc1ccc(N)cc1. The summed E-state index contributed by atoms with van der Waals surface area (Å²) in [7, 11) is 0. The fourth-order valence-corrected chi connectivity index (χ4v) is 3.07. The van der Waals surface area contributed by atoms with Crippen LogP contribution in [0.5, 0.6) is 0 Å². The van der Waals surface area contributed by atoms with Crippen LogP contribution in [0.3, 0.4) is 0 Å². The monoisotopic (exact) mass is 349 g/mol. The van der Waals surface area contributed by atoms with E-state index in [0.29, 0.717) is 0 Å².